The number of nitrogens with two attached hydrogens (primary N) is 1. The number of benzene rings is 1. The summed E-state index contributed by atoms with van der Waals surface area (Å²) < 4.78 is 16.0. The molecule has 0 bridgehead atoms. The molecule has 90 valence electrons. The number of hydrogen-bond acceptors (Lipinski definition) is 2. The van der Waals surface area contributed by atoms with Crippen LogP contribution >= 0.6 is 15.9 Å². The average molecular weight is 298 g/mol. The van der Waals surface area contributed by atoms with Gasteiger partial charge in [-0.15, -0.1) is 0 Å². The molecule has 0 aliphatic carbocycles. The van der Waals surface area contributed by atoms with Crippen LogP contribution < -0.4 is 5.73 Å². The predicted molar refractivity (Wildman–Crippen MR) is 68.1 cm³/mol. The molecule has 0 spiro atoms. The van der Waals surface area contributed by atoms with E-state index in [0.717, 1.165) is 15.7 Å². The monoisotopic (exact) mass is 297 g/mol. The van der Waals surface area contributed by atoms with Crippen molar-refractivity contribution in [1.82, 2.24) is 9.78 Å². The first kappa shape index (κ1) is 12.3. The Balaban J connectivity index is 2.43. The third kappa shape index (κ3) is 2.25. The minimum Gasteiger partial charge on any atom is -0.319 e. The second-order valence-corrected chi connectivity index (χ2v) is 4.84. The Morgan fingerprint density at radius 1 is 1.47 bits per heavy atom. The maximum absolute atomic E-state index is 13.5. The molecule has 17 heavy (non-hydrogen) atoms. The van der Waals surface area contributed by atoms with Crippen molar-refractivity contribution >= 4 is 15.9 Å². The van der Waals surface area contributed by atoms with Crippen molar-refractivity contribution in [3.05, 3.63) is 51.5 Å². The lowest BCUT2D eigenvalue weighted by Gasteiger charge is -2.14. The number of aryl methyl sites for hydroxylation is 2. The zero-order valence-corrected chi connectivity index (χ0v) is 11.2. The third-order valence-electron chi connectivity index (χ3n) is 2.79. The summed E-state index contributed by atoms with van der Waals surface area (Å²) in [7, 11) is 1.81. The van der Waals surface area contributed by atoms with Gasteiger partial charge in [0, 0.05) is 7.05 Å². The van der Waals surface area contributed by atoms with Gasteiger partial charge in [-0.05, 0) is 40.0 Å². The highest BCUT2D eigenvalue weighted by molar-refractivity contribution is 9.10. The molecule has 0 saturated carbocycles. The summed E-state index contributed by atoms with van der Waals surface area (Å²) in [5.74, 6) is -0.240. The van der Waals surface area contributed by atoms with Gasteiger partial charge in [0.25, 0.3) is 0 Å². The van der Waals surface area contributed by atoms with Crippen molar-refractivity contribution in [2.45, 2.75) is 13.0 Å². The molecule has 0 radical (unpaired) electrons. The Morgan fingerprint density at radius 3 is 2.71 bits per heavy atom. The highest BCUT2D eigenvalue weighted by Crippen LogP contribution is 2.26. The molecular weight excluding hydrogens is 285 g/mol. The molecule has 0 aliphatic rings. The lowest BCUT2D eigenvalue weighted by molar-refractivity contribution is 0.610. The summed E-state index contributed by atoms with van der Waals surface area (Å²) in [6.45, 7) is 1.73. The molecule has 2 N–H and O–H groups in total. The smallest absolute Gasteiger partial charge is 0.126 e. The Hall–Kier alpha value is -1.20. The highest BCUT2D eigenvalue weighted by Gasteiger charge is 2.17. The van der Waals surface area contributed by atoms with Gasteiger partial charge in [0.2, 0.25) is 0 Å². The van der Waals surface area contributed by atoms with Crippen LogP contribution in [0.15, 0.2) is 28.9 Å². The van der Waals surface area contributed by atoms with Crippen molar-refractivity contribution in [2.75, 3.05) is 0 Å². The van der Waals surface area contributed by atoms with Crippen LogP contribution in [0.4, 0.5) is 4.39 Å². The van der Waals surface area contributed by atoms with Crippen LogP contribution in [0.3, 0.4) is 0 Å². The van der Waals surface area contributed by atoms with E-state index in [1.165, 1.54) is 6.07 Å². The Morgan fingerprint density at radius 2 is 2.18 bits per heavy atom. The summed E-state index contributed by atoms with van der Waals surface area (Å²) in [6.07, 6.45) is 1.68. The van der Waals surface area contributed by atoms with Gasteiger partial charge in [-0.2, -0.15) is 5.10 Å². The Labute approximate surface area is 108 Å². The number of halogens is 2. The van der Waals surface area contributed by atoms with Crippen molar-refractivity contribution in [1.29, 1.82) is 0 Å². The van der Waals surface area contributed by atoms with Gasteiger partial charge >= 0.3 is 0 Å². The maximum atomic E-state index is 13.5. The van der Waals surface area contributed by atoms with Crippen molar-refractivity contribution in [2.24, 2.45) is 12.8 Å². The maximum Gasteiger partial charge on any atom is 0.126 e. The van der Waals surface area contributed by atoms with E-state index >= 15 is 0 Å². The van der Waals surface area contributed by atoms with E-state index < -0.39 is 6.04 Å². The van der Waals surface area contributed by atoms with E-state index in [1.54, 1.807) is 23.9 Å². The zero-order valence-electron chi connectivity index (χ0n) is 9.61. The molecule has 0 aliphatic heterocycles. The van der Waals surface area contributed by atoms with Gasteiger partial charge in [-0.1, -0.05) is 12.1 Å². The van der Waals surface area contributed by atoms with Crippen molar-refractivity contribution in [3.63, 3.8) is 0 Å². The molecule has 0 amide bonds. The van der Waals surface area contributed by atoms with Gasteiger partial charge in [-0.25, -0.2) is 4.39 Å². The fraction of sp³-hybridized carbons (Fsp3) is 0.250. The van der Waals surface area contributed by atoms with Crippen LogP contribution in [0, 0.1) is 12.7 Å². The quantitative estimate of drug-likeness (QED) is 0.926. The molecule has 2 rings (SSSR count). The van der Waals surface area contributed by atoms with Gasteiger partial charge in [-0.3, -0.25) is 4.68 Å². The summed E-state index contributed by atoms with van der Waals surface area (Å²) in [6, 6.07) is 4.64. The van der Waals surface area contributed by atoms with Crippen LogP contribution in [-0.4, -0.2) is 9.78 Å². The average Bonchev–Trinajstić information content (AvgIpc) is 2.62. The first-order valence-electron chi connectivity index (χ1n) is 5.19. The van der Waals surface area contributed by atoms with Gasteiger partial charge in [0.05, 0.1) is 22.4 Å². The molecule has 1 heterocycles. The first-order chi connectivity index (χ1) is 8.00. The molecular formula is C12H13BrFN3. The van der Waals surface area contributed by atoms with Crippen LogP contribution in [-0.2, 0) is 7.05 Å². The SMILES string of the molecule is Cc1ccc(C(N)c2c(Br)cnn2C)cc1F. The number of nitrogens with zero attached hydrogens (tertiary/aromatic N) is 2. The highest BCUT2D eigenvalue weighted by atomic mass is 79.9. The normalized spacial score (nSPS) is 12.8. The topological polar surface area (TPSA) is 43.8 Å². The van der Waals surface area contributed by atoms with Crippen molar-refractivity contribution in [3.8, 4) is 0 Å². The standard InChI is InChI=1S/C12H13BrFN3/c1-7-3-4-8(5-10(7)14)11(15)12-9(13)6-16-17(12)2/h3-6,11H,15H2,1-2H3. The minimum atomic E-state index is -0.396. The molecule has 2 aromatic rings. The van der Waals surface area contributed by atoms with Gasteiger partial charge < -0.3 is 5.73 Å². The summed E-state index contributed by atoms with van der Waals surface area (Å²) >= 11 is 3.39. The molecule has 1 aromatic carbocycles. The molecule has 1 atom stereocenters. The fourth-order valence-corrected chi connectivity index (χ4v) is 2.33. The van der Waals surface area contributed by atoms with Gasteiger partial charge in [0.15, 0.2) is 0 Å². The van der Waals surface area contributed by atoms with Gasteiger partial charge in [0.1, 0.15) is 5.82 Å². The van der Waals surface area contributed by atoms with E-state index in [4.69, 9.17) is 5.73 Å². The summed E-state index contributed by atoms with van der Waals surface area (Å²) in [5, 5.41) is 4.10. The van der Waals surface area contributed by atoms with E-state index in [9.17, 15) is 4.39 Å². The number of rotatable bonds is 2. The molecule has 0 fully saturated rings. The largest absolute Gasteiger partial charge is 0.319 e. The van der Waals surface area contributed by atoms with E-state index in [0.29, 0.717) is 5.56 Å². The number of aromatic nitrogens is 2. The third-order valence-corrected chi connectivity index (χ3v) is 3.40. The number of hydrogen-bond donors (Lipinski definition) is 1. The summed E-state index contributed by atoms with van der Waals surface area (Å²) in [4.78, 5) is 0. The van der Waals surface area contributed by atoms with Crippen LogP contribution in [0.25, 0.3) is 0 Å². The van der Waals surface area contributed by atoms with E-state index in [-0.39, 0.29) is 5.82 Å². The zero-order chi connectivity index (χ0) is 12.6. The fourth-order valence-electron chi connectivity index (χ4n) is 1.73. The van der Waals surface area contributed by atoms with Crippen LogP contribution in [0.5, 0.6) is 0 Å². The second kappa shape index (κ2) is 4.58. The molecule has 1 unspecified atom stereocenters. The predicted octanol–water partition coefficient (Wildman–Crippen LogP) is 2.68. The lowest BCUT2D eigenvalue weighted by atomic mass is 10.0. The van der Waals surface area contributed by atoms with Crippen LogP contribution in [0.2, 0.25) is 0 Å². The molecule has 5 heteroatoms. The van der Waals surface area contributed by atoms with Crippen LogP contribution in [0.1, 0.15) is 22.9 Å². The Bertz CT molecular complexity index is 531. The minimum absolute atomic E-state index is 0.240. The lowest BCUT2D eigenvalue weighted by Crippen LogP contribution is -2.16. The first-order valence-corrected chi connectivity index (χ1v) is 5.99. The molecule has 3 nitrogen and oxygen atoms in total. The summed E-state index contributed by atoms with van der Waals surface area (Å²) in [5.41, 5.74) is 8.30. The Kier molecular flexibility index (Phi) is 3.31. The second-order valence-electron chi connectivity index (χ2n) is 3.99. The molecule has 0 saturated heterocycles. The van der Waals surface area contributed by atoms with E-state index in [1.807, 2.05) is 13.1 Å². The van der Waals surface area contributed by atoms with Crippen molar-refractivity contribution < 1.29 is 4.39 Å². The van der Waals surface area contributed by atoms with E-state index in [2.05, 4.69) is 21.0 Å². The molecule has 1 aromatic heterocycles.